The van der Waals surface area contributed by atoms with E-state index >= 15 is 0 Å². The number of rotatable bonds is 9. The molecule has 0 fully saturated rings. The zero-order chi connectivity index (χ0) is 14.2. The molecule has 0 bridgehead atoms. The number of hydrogen-bond donors (Lipinski definition) is 1. The maximum atomic E-state index is 11.7. The van der Waals surface area contributed by atoms with Gasteiger partial charge in [-0.25, -0.2) is 0 Å². The molecule has 0 amide bonds. The lowest BCUT2D eigenvalue weighted by Crippen LogP contribution is -2.51. The molecule has 5 nitrogen and oxygen atoms in total. The Morgan fingerprint density at radius 2 is 1.94 bits per heavy atom. The van der Waals surface area contributed by atoms with Crippen LogP contribution in [0, 0.1) is 0 Å². The Morgan fingerprint density at radius 3 is 2.33 bits per heavy atom. The number of carbonyl (C=O) groups excluding carboxylic acids is 1. The summed E-state index contributed by atoms with van der Waals surface area (Å²) >= 11 is 0. The summed E-state index contributed by atoms with van der Waals surface area (Å²) in [6, 6.07) is 0.430. The highest BCUT2D eigenvalue weighted by atomic mass is 16.5. The summed E-state index contributed by atoms with van der Waals surface area (Å²) in [5.41, 5.74) is -0.630. The summed E-state index contributed by atoms with van der Waals surface area (Å²) in [7, 11) is 4.90. The third kappa shape index (κ3) is 5.33. The molecule has 0 aliphatic carbocycles. The van der Waals surface area contributed by atoms with Crippen LogP contribution in [0.1, 0.15) is 27.2 Å². The first kappa shape index (κ1) is 17.4. The van der Waals surface area contributed by atoms with Crippen molar-refractivity contribution in [1.82, 2.24) is 10.2 Å². The van der Waals surface area contributed by atoms with Gasteiger partial charge in [0.1, 0.15) is 5.54 Å². The monoisotopic (exact) mass is 260 g/mol. The molecule has 0 saturated heterocycles. The van der Waals surface area contributed by atoms with Crippen LogP contribution in [0.4, 0.5) is 0 Å². The lowest BCUT2D eigenvalue weighted by molar-refractivity contribution is -0.148. The van der Waals surface area contributed by atoms with Gasteiger partial charge in [0.15, 0.2) is 0 Å². The molecule has 0 aliphatic heterocycles. The minimum Gasteiger partial charge on any atom is -0.468 e. The predicted octanol–water partition coefficient (Wildman–Crippen LogP) is 0.884. The van der Waals surface area contributed by atoms with Crippen LogP contribution in [0.25, 0.3) is 0 Å². The van der Waals surface area contributed by atoms with Crippen molar-refractivity contribution in [2.24, 2.45) is 0 Å². The van der Waals surface area contributed by atoms with Crippen LogP contribution < -0.4 is 5.32 Å². The Bertz CT molecular complexity index is 246. The van der Waals surface area contributed by atoms with Crippen molar-refractivity contribution < 1.29 is 14.3 Å². The fraction of sp³-hybridized carbons (Fsp3) is 0.923. The molecular weight excluding hydrogens is 232 g/mol. The number of carbonyl (C=O) groups is 1. The predicted molar refractivity (Wildman–Crippen MR) is 72.7 cm³/mol. The van der Waals surface area contributed by atoms with Crippen LogP contribution in [0.15, 0.2) is 0 Å². The summed E-state index contributed by atoms with van der Waals surface area (Å²) in [6.07, 6.45) is 0.706. The highest BCUT2D eigenvalue weighted by Crippen LogP contribution is 2.13. The van der Waals surface area contributed by atoms with E-state index in [4.69, 9.17) is 9.47 Å². The first-order valence-electron chi connectivity index (χ1n) is 6.41. The standard InChI is InChI=1S/C13H28N2O3/c1-11(2)15(9-10-17-5)8-7-13(3,14-4)12(16)18-6/h11,14H,7-10H2,1-6H3. The third-order valence-electron chi connectivity index (χ3n) is 3.40. The SMILES string of the molecule is CNC(C)(CCN(CCOC)C(C)C)C(=O)OC. The van der Waals surface area contributed by atoms with E-state index in [-0.39, 0.29) is 5.97 Å². The molecule has 0 rings (SSSR count). The Labute approximate surface area is 111 Å². The molecule has 1 atom stereocenters. The van der Waals surface area contributed by atoms with Crippen LogP contribution in [-0.4, -0.2) is 63.4 Å². The van der Waals surface area contributed by atoms with E-state index in [0.29, 0.717) is 19.1 Å². The van der Waals surface area contributed by atoms with Gasteiger partial charge in [-0.15, -0.1) is 0 Å². The second-order valence-corrected chi connectivity index (χ2v) is 4.95. The lowest BCUT2D eigenvalue weighted by Gasteiger charge is -2.32. The number of nitrogens with one attached hydrogen (secondary N) is 1. The molecule has 0 radical (unpaired) electrons. The van der Waals surface area contributed by atoms with Crippen LogP contribution in [0.2, 0.25) is 0 Å². The number of nitrogens with zero attached hydrogens (tertiary/aromatic N) is 1. The number of ether oxygens (including phenoxy) is 2. The summed E-state index contributed by atoms with van der Waals surface area (Å²) in [5.74, 6) is -0.222. The average Bonchev–Trinajstić information content (AvgIpc) is 2.36. The molecule has 0 aromatic heterocycles. The number of esters is 1. The molecule has 0 aromatic carbocycles. The van der Waals surface area contributed by atoms with Gasteiger partial charge in [-0.2, -0.15) is 0 Å². The maximum absolute atomic E-state index is 11.7. The number of hydrogen-bond acceptors (Lipinski definition) is 5. The molecule has 0 aliphatic rings. The van der Waals surface area contributed by atoms with Gasteiger partial charge in [0.05, 0.1) is 13.7 Å². The molecule has 5 heteroatoms. The summed E-state index contributed by atoms with van der Waals surface area (Å²) in [4.78, 5) is 14.0. The third-order valence-corrected chi connectivity index (χ3v) is 3.40. The van der Waals surface area contributed by atoms with Gasteiger partial charge in [-0.05, 0) is 34.2 Å². The largest absolute Gasteiger partial charge is 0.468 e. The molecule has 0 saturated carbocycles. The van der Waals surface area contributed by atoms with E-state index in [1.54, 1.807) is 14.2 Å². The number of methoxy groups -OCH3 is 2. The highest BCUT2D eigenvalue weighted by Gasteiger charge is 2.32. The first-order valence-corrected chi connectivity index (χ1v) is 6.41. The highest BCUT2D eigenvalue weighted by molar-refractivity contribution is 5.80. The van der Waals surface area contributed by atoms with E-state index < -0.39 is 5.54 Å². The fourth-order valence-corrected chi connectivity index (χ4v) is 1.76. The van der Waals surface area contributed by atoms with Gasteiger partial charge < -0.3 is 14.8 Å². The maximum Gasteiger partial charge on any atom is 0.325 e. The van der Waals surface area contributed by atoms with E-state index in [1.807, 2.05) is 6.92 Å². The zero-order valence-electron chi connectivity index (χ0n) is 12.6. The van der Waals surface area contributed by atoms with Gasteiger partial charge in [0.25, 0.3) is 0 Å². The van der Waals surface area contributed by atoms with Gasteiger partial charge in [0, 0.05) is 26.2 Å². The number of likely N-dealkylation sites (N-methyl/N-ethyl adjacent to an activating group) is 1. The van der Waals surface area contributed by atoms with Crippen LogP contribution in [-0.2, 0) is 14.3 Å². The molecular formula is C13H28N2O3. The first-order chi connectivity index (χ1) is 8.41. The van der Waals surface area contributed by atoms with Crippen LogP contribution >= 0.6 is 0 Å². The molecule has 0 spiro atoms. The lowest BCUT2D eigenvalue weighted by atomic mass is 9.97. The van der Waals surface area contributed by atoms with Crippen molar-refractivity contribution in [3.05, 3.63) is 0 Å². The Hall–Kier alpha value is -0.650. The van der Waals surface area contributed by atoms with Gasteiger partial charge in [0.2, 0.25) is 0 Å². The fourth-order valence-electron chi connectivity index (χ4n) is 1.76. The molecule has 1 N–H and O–H groups in total. The second-order valence-electron chi connectivity index (χ2n) is 4.95. The van der Waals surface area contributed by atoms with E-state index in [0.717, 1.165) is 13.1 Å². The zero-order valence-corrected chi connectivity index (χ0v) is 12.6. The quantitative estimate of drug-likeness (QED) is 0.624. The van der Waals surface area contributed by atoms with Crippen molar-refractivity contribution in [1.29, 1.82) is 0 Å². The smallest absolute Gasteiger partial charge is 0.325 e. The topological polar surface area (TPSA) is 50.8 Å². The Balaban J connectivity index is 4.42. The molecule has 1 unspecified atom stereocenters. The summed E-state index contributed by atoms with van der Waals surface area (Å²) in [6.45, 7) is 8.55. The van der Waals surface area contributed by atoms with E-state index in [1.165, 1.54) is 7.11 Å². The van der Waals surface area contributed by atoms with Crippen molar-refractivity contribution >= 4 is 5.97 Å². The van der Waals surface area contributed by atoms with Crippen LogP contribution in [0.3, 0.4) is 0 Å². The Morgan fingerprint density at radius 1 is 1.33 bits per heavy atom. The molecule has 18 heavy (non-hydrogen) atoms. The van der Waals surface area contributed by atoms with Crippen molar-refractivity contribution in [2.45, 2.75) is 38.8 Å². The minimum absolute atomic E-state index is 0.222. The van der Waals surface area contributed by atoms with E-state index in [9.17, 15) is 4.79 Å². The molecule has 108 valence electrons. The van der Waals surface area contributed by atoms with Gasteiger partial charge >= 0.3 is 5.97 Å². The van der Waals surface area contributed by atoms with Crippen molar-refractivity contribution in [3.8, 4) is 0 Å². The summed E-state index contributed by atoms with van der Waals surface area (Å²) in [5, 5.41) is 3.05. The Kier molecular flexibility index (Phi) is 8.15. The summed E-state index contributed by atoms with van der Waals surface area (Å²) < 4.78 is 9.94. The molecule has 0 aromatic rings. The van der Waals surface area contributed by atoms with Gasteiger partial charge in [-0.3, -0.25) is 9.69 Å². The normalized spacial score (nSPS) is 14.9. The molecule has 0 heterocycles. The van der Waals surface area contributed by atoms with E-state index in [2.05, 4.69) is 24.1 Å². The minimum atomic E-state index is -0.630. The second kappa shape index (κ2) is 8.45. The van der Waals surface area contributed by atoms with Crippen molar-refractivity contribution in [2.75, 3.05) is 41.0 Å². The van der Waals surface area contributed by atoms with Crippen LogP contribution in [0.5, 0.6) is 0 Å². The van der Waals surface area contributed by atoms with Gasteiger partial charge in [-0.1, -0.05) is 0 Å². The van der Waals surface area contributed by atoms with Crippen molar-refractivity contribution in [3.63, 3.8) is 0 Å². The average molecular weight is 260 g/mol.